The fraction of sp³-hybridized carbons (Fsp3) is 0.500. The molecular formula is C16H21FN4O. The number of para-hydroxylation sites is 1. The highest BCUT2D eigenvalue weighted by Gasteiger charge is 2.20. The molecule has 5 nitrogen and oxygen atoms in total. The van der Waals surface area contributed by atoms with Crippen molar-refractivity contribution in [1.82, 2.24) is 20.2 Å². The van der Waals surface area contributed by atoms with Crippen molar-refractivity contribution in [3.8, 4) is 0 Å². The molecule has 22 heavy (non-hydrogen) atoms. The Morgan fingerprint density at radius 2 is 2.23 bits per heavy atom. The lowest BCUT2D eigenvalue weighted by atomic mass is 9.97. The van der Waals surface area contributed by atoms with E-state index < -0.39 is 0 Å². The highest BCUT2D eigenvalue weighted by Crippen LogP contribution is 2.18. The topological polar surface area (TPSA) is 59.0 Å². The molecule has 0 aliphatic carbocycles. The second kappa shape index (κ2) is 6.44. The Hall–Kier alpha value is -1.95. The average Bonchev–Trinajstić information content (AvgIpc) is 2.86. The quantitative estimate of drug-likeness (QED) is 0.897. The monoisotopic (exact) mass is 304 g/mol. The van der Waals surface area contributed by atoms with Crippen LogP contribution in [0.5, 0.6) is 0 Å². The molecule has 6 heteroatoms. The number of hydrogen-bond acceptors (Lipinski definition) is 3. The Labute approximate surface area is 128 Å². The number of aromatic nitrogens is 2. The Kier molecular flexibility index (Phi) is 4.38. The minimum Gasteiger partial charge on any atom is -0.355 e. The Morgan fingerprint density at radius 3 is 2.95 bits per heavy atom. The van der Waals surface area contributed by atoms with E-state index in [1.54, 1.807) is 6.07 Å². The maximum Gasteiger partial charge on any atom is 0.223 e. The van der Waals surface area contributed by atoms with Crippen molar-refractivity contribution in [2.45, 2.75) is 19.3 Å². The van der Waals surface area contributed by atoms with Crippen LogP contribution in [0.1, 0.15) is 18.7 Å². The summed E-state index contributed by atoms with van der Waals surface area (Å²) in [5, 5.41) is 6.22. The van der Waals surface area contributed by atoms with Crippen molar-refractivity contribution >= 4 is 16.9 Å². The van der Waals surface area contributed by atoms with Crippen LogP contribution < -0.4 is 10.6 Å². The molecule has 1 aliphatic heterocycles. The number of hydrogen-bond donors (Lipinski definition) is 2. The van der Waals surface area contributed by atoms with Gasteiger partial charge in [-0.05, 0) is 38.1 Å². The smallest absolute Gasteiger partial charge is 0.223 e. The first-order chi connectivity index (χ1) is 10.7. The van der Waals surface area contributed by atoms with E-state index in [1.807, 2.05) is 17.7 Å². The van der Waals surface area contributed by atoms with Gasteiger partial charge in [-0.3, -0.25) is 4.79 Å². The molecule has 2 aromatic rings. The van der Waals surface area contributed by atoms with E-state index in [0.717, 1.165) is 37.3 Å². The van der Waals surface area contributed by atoms with Gasteiger partial charge < -0.3 is 15.2 Å². The maximum atomic E-state index is 13.7. The molecule has 1 fully saturated rings. The molecule has 1 amide bonds. The number of rotatable bonds is 4. The summed E-state index contributed by atoms with van der Waals surface area (Å²) in [6, 6.07) is 4.95. The number of aryl methyl sites for hydroxylation is 1. The third-order valence-corrected chi connectivity index (χ3v) is 4.31. The van der Waals surface area contributed by atoms with E-state index in [4.69, 9.17) is 0 Å². The van der Waals surface area contributed by atoms with Crippen molar-refractivity contribution in [3.63, 3.8) is 0 Å². The lowest BCUT2D eigenvalue weighted by Gasteiger charge is -2.21. The van der Waals surface area contributed by atoms with Gasteiger partial charge in [0.15, 0.2) is 5.82 Å². The van der Waals surface area contributed by atoms with E-state index in [1.165, 1.54) is 6.07 Å². The van der Waals surface area contributed by atoms with E-state index in [0.29, 0.717) is 18.5 Å². The molecule has 1 saturated heterocycles. The summed E-state index contributed by atoms with van der Waals surface area (Å²) in [6.45, 7) is 2.34. The number of benzene rings is 1. The summed E-state index contributed by atoms with van der Waals surface area (Å²) in [4.78, 5) is 16.4. The molecule has 0 spiro atoms. The van der Waals surface area contributed by atoms with Crippen LogP contribution in [0.2, 0.25) is 0 Å². The molecule has 0 unspecified atom stereocenters. The van der Waals surface area contributed by atoms with Crippen LogP contribution in [-0.2, 0) is 18.3 Å². The van der Waals surface area contributed by atoms with Crippen LogP contribution >= 0.6 is 0 Å². The van der Waals surface area contributed by atoms with Gasteiger partial charge >= 0.3 is 0 Å². The first-order valence-corrected chi connectivity index (χ1v) is 7.75. The van der Waals surface area contributed by atoms with Gasteiger partial charge in [0.2, 0.25) is 5.91 Å². The van der Waals surface area contributed by atoms with Crippen LogP contribution in [-0.4, -0.2) is 35.1 Å². The van der Waals surface area contributed by atoms with Crippen molar-refractivity contribution in [1.29, 1.82) is 0 Å². The number of amides is 1. The van der Waals surface area contributed by atoms with Crippen LogP contribution in [0.3, 0.4) is 0 Å². The number of piperidine rings is 1. The molecule has 2 heterocycles. The van der Waals surface area contributed by atoms with Crippen LogP contribution in [0.15, 0.2) is 18.2 Å². The fourth-order valence-electron chi connectivity index (χ4n) is 2.98. The lowest BCUT2D eigenvalue weighted by Crippen LogP contribution is -2.38. The van der Waals surface area contributed by atoms with Crippen LogP contribution in [0.25, 0.3) is 11.0 Å². The third-order valence-electron chi connectivity index (χ3n) is 4.31. The molecule has 1 aromatic heterocycles. The van der Waals surface area contributed by atoms with Gasteiger partial charge in [-0.25, -0.2) is 9.37 Å². The van der Waals surface area contributed by atoms with Gasteiger partial charge in [-0.1, -0.05) is 6.07 Å². The summed E-state index contributed by atoms with van der Waals surface area (Å²) in [6.07, 6.45) is 2.38. The van der Waals surface area contributed by atoms with Crippen molar-refractivity contribution < 1.29 is 9.18 Å². The summed E-state index contributed by atoms with van der Waals surface area (Å²) < 4.78 is 15.6. The highest BCUT2D eigenvalue weighted by molar-refractivity contribution is 5.79. The molecule has 0 saturated carbocycles. The lowest BCUT2D eigenvalue weighted by molar-refractivity contribution is -0.125. The zero-order valence-electron chi connectivity index (χ0n) is 12.7. The summed E-state index contributed by atoms with van der Waals surface area (Å²) >= 11 is 0. The predicted octanol–water partition coefficient (Wildman–Crippen LogP) is 1.37. The van der Waals surface area contributed by atoms with Gasteiger partial charge in [-0.15, -0.1) is 0 Å². The predicted molar refractivity (Wildman–Crippen MR) is 83.0 cm³/mol. The van der Waals surface area contributed by atoms with E-state index in [2.05, 4.69) is 15.6 Å². The number of carbonyl (C=O) groups is 1. The molecule has 0 bridgehead atoms. The number of imidazole rings is 1. The van der Waals surface area contributed by atoms with E-state index >= 15 is 0 Å². The maximum absolute atomic E-state index is 13.7. The number of carbonyl (C=O) groups excluding carboxylic acids is 1. The van der Waals surface area contributed by atoms with E-state index in [-0.39, 0.29) is 17.6 Å². The van der Waals surface area contributed by atoms with Crippen LogP contribution in [0, 0.1) is 11.7 Å². The second-order valence-corrected chi connectivity index (χ2v) is 5.76. The van der Waals surface area contributed by atoms with Gasteiger partial charge in [0.05, 0.1) is 5.52 Å². The van der Waals surface area contributed by atoms with Gasteiger partial charge in [0.25, 0.3) is 0 Å². The molecule has 3 rings (SSSR count). The van der Waals surface area contributed by atoms with Crippen molar-refractivity contribution in [2.24, 2.45) is 13.0 Å². The first-order valence-electron chi connectivity index (χ1n) is 7.75. The van der Waals surface area contributed by atoms with E-state index in [9.17, 15) is 9.18 Å². The van der Waals surface area contributed by atoms with Crippen LogP contribution in [0.4, 0.5) is 4.39 Å². The van der Waals surface area contributed by atoms with Crippen molar-refractivity contribution in [3.05, 3.63) is 29.8 Å². The third kappa shape index (κ3) is 2.97. The zero-order valence-corrected chi connectivity index (χ0v) is 12.7. The Morgan fingerprint density at radius 1 is 1.45 bits per heavy atom. The molecule has 0 atom stereocenters. The standard InChI is InChI=1S/C16H21FN4O/c1-21-13-4-2-3-12(17)15(13)20-14(21)7-10-19-16(22)11-5-8-18-9-6-11/h2-4,11,18H,5-10H2,1H3,(H,19,22). The van der Waals surface area contributed by atoms with Gasteiger partial charge in [-0.2, -0.15) is 0 Å². The number of nitrogens with one attached hydrogen (secondary N) is 2. The molecular weight excluding hydrogens is 283 g/mol. The summed E-state index contributed by atoms with van der Waals surface area (Å²) in [5.41, 5.74) is 1.17. The first kappa shape index (κ1) is 15.0. The Bertz CT molecular complexity index is 676. The highest BCUT2D eigenvalue weighted by atomic mass is 19.1. The molecule has 0 radical (unpaired) electrons. The molecule has 1 aliphatic rings. The number of nitrogens with zero attached hydrogens (tertiary/aromatic N) is 2. The number of halogens is 1. The van der Waals surface area contributed by atoms with Gasteiger partial charge in [0, 0.05) is 25.9 Å². The zero-order chi connectivity index (χ0) is 15.5. The fourth-order valence-corrected chi connectivity index (χ4v) is 2.98. The largest absolute Gasteiger partial charge is 0.355 e. The average molecular weight is 304 g/mol. The summed E-state index contributed by atoms with van der Waals surface area (Å²) in [5.74, 6) is 0.703. The summed E-state index contributed by atoms with van der Waals surface area (Å²) in [7, 11) is 1.87. The minimum atomic E-state index is -0.307. The molecule has 2 N–H and O–H groups in total. The van der Waals surface area contributed by atoms with Crippen molar-refractivity contribution in [2.75, 3.05) is 19.6 Å². The SMILES string of the molecule is Cn1c(CCNC(=O)C2CCNCC2)nc2c(F)cccc21. The normalized spacial score (nSPS) is 16.1. The molecule has 118 valence electrons. The number of fused-ring (bicyclic) bond motifs is 1. The Balaban J connectivity index is 1.61. The molecule has 1 aromatic carbocycles. The van der Waals surface area contributed by atoms with Gasteiger partial charge in [0.1, 0.15) is 11.3 Å². The second-order valence-electron chi connectivity index (χ2n) is 5.76. The minimum absolute atomic E-state index is 0.110.